The normalized spacial score (nSPS) is 16.1. The number of H-pyrrole nitrogens is 2. The van der Waals surface area contributed by atoms with Crippen LogP contribution in [0.2, 0.25) is 0 Å². The number of imidazole rings is 1. The largest absolute Gasteiger partial charge is 0.323 e. The van der Waals surface area contributed by atoms with E-state index in [9.17, 15) is 10.1 Å². The lowest BCUT2D eigenvalue weighted by atomic mass is 9.65. The smallest absolute Gasteiger partial charge is 0.306 e. The monoisotopic (exact) mass is 289 g/mol. The van der Waals surface area contributed by atoms with Crippen molar-refractivity contribution in [2.75, 3.05) is 0 Å². The Hall–Kier alpha value is -2.80. The average molecular weight is 289 g/mol. The first-order chi connectivity index (χ1) is 10.7. The molecule has 4 rings (SSSR count). The molecule has 1 aliphatic carbocycles. The zero-order chi connectivity index (χ0) is 15.2. The first-order valence-electron chi connectivity index (χ1n) is 7.45. The topological polar surface area (TPSA) is 72.4 Å². The number of benzene rings is 2. The van der Waals surface area contributed by atoms with E-state index >= 15 is 0 Å². The molecular weight excluding hydrogens is 274 g/mol. The van der Waals surface area contributed by atoms with E-state index < -0.39 is 0 Å². The highest BCUT2D eigenvalue weighted by atomic mass is 16.1. The van der Waals surface area contributed by atoms with Crippen molar-refractivity contribution >= 4 is 11.0 Å². The third-order valence-corrected chi connectivity index (χ3v) is 4.72. The van der Waals surface area contributed by atoms with Gasteiger partial charge in [0, 0.05) is 5.56 Å². The fourth-order valence-corrected chi connectivity index (χ4v) is 3.26. The van der Waals surface area contributed by atoms with Gasteiger partial charge in [0.2, 0.25) is 0 Å². The maximum atomic E-state index is 11.5. The van der Waals surface area contributed by atoms with Gasteiger partial charge in [-0.1, -0.05) is 36.4 Å². The number of nitriles is 1. The van der Waals surface area contributed by atoms with E-state index in [1.54, 1.807) is 0 Å². The second-order valence-electron chi connectivity index (χ2n) is 5.93. The minimum absolute atomic E-state index is 0.197. The lowest BCUT2D eigenvalue weighted by Gasteiger charge is -2.35. The van der Waals surface area contributed by atoms with Gasteiger partial charge in [0.25, 0.3) is 0 Å². The zero-order valence-corrected chi connectivity index (χ0v) is 12.0. The molecule has 3 aromatic rings. The summed E-state index contributed by atoms with van der Waals surface area (Å²) in [6.07, 6.45) is 3.02. The van der Waals surface area contributed by atoms with Crippen LogP contribution in [-0.4, -0.2) is 9.97 Å². The van der Waals surface area contributed by atoms with Crippen molar-refractivity contribution in [2.24, 2.45) is 0 Å². The Morgan fingerprint density at radius 2 is 1.82 bits per heavy atom. The van der Waals surface area contributed by atoms with E-state index in [-0.39, 0.29) is 11.1 Å². The molecular formula is C18H15N3O. The summed E-state index contributed by atoms with van der Waals surface area (Å²) >= 11 is 0. The van der Waals surface area contributed by atoms with E-state index in [0.717, 1.165) is 47.0 Å². The number of para-hydroxylation sites is 1. The minimum Gasteiger partial charge on any atom is -0.306 e. The van der Waals surface area contributed by atoms with Crippen molar-refractivity contribution in [3.63, 3.8) is 0 Å². The zero-order valence-electron chi connectivity index (χ0n) is 12.0. The molecule has 1 aliphatic rings. The quantitative estimate of drug-likeness (QED) is 0.758. The predicted octanol–water partition coefficient (Wildman–Crippen LogP) is 3.47. The molecule has 0 atom stereocenters. The Bertz CT molecular complexity index is 937. The number of hydrogen-bond acceptors (Lipinski definition) is 2. The molecule has 1 saturated carbocycles. The van der Waals surface area contributed by atoms with Crippen LogP contribution in [0.15, 0.2) is 47.3 Å². The minimum atomic E-state index is -0.285. The summed E-state index contributed by atoms with van der Waals surface area (Å²) in [5.74, 6) is 0. The van der Waals surface area contributed by atoms with Crippen LogP contribution in [0.3, 0.4) is 0 Å². The number of nitrogens with zero attached hydrogens (tertiary/aromatic N) is 1. The molecule has 0 saturated heterocycles. The van der Waals surface area contributed by atoms with Gasteiger partial charge in [0.15, 0.2) is 0 Å². The standard InChI is InChI=1S/C18H15N3O/c19-11-18(9-2-10-18)13-7-5-12(6-8-13)14-3-1-4-15-16(14)21-17(22)20-15/h1,3-8H,2,9-10H2,(H2,20,21,22). The van der Waals surface area contributed by atoms with Gasteiger partial charge in [-0.2, -0.15) is 5.26 Å². The molecule has 2 aromatic carbocycles. The van der Waals surface area contributed by atoms with Gasteiger partial charge in [0.05, 0.1) is 22.5 Å². The summed E-state index contributed by atoms with van der Waals surface area (Å²) < 4.78 is 0. The molecule has 4 heteroatoms. The van der Waals surface area contributed by atoms with Crippen LogP contribution in [0.5, 0.6) is 0 Å². The highest BCUT2D eigenvalue weighted by molar-refractivity contribution is 5.91. The number of fused-ring (bicyclic) bond motifs is 1. The van der Waals surface area contributed by atoms with Crippen molar-refractivity contribution in [2.45, 2.75) is 24.7 Å². The fraction of sp³-hybridized carbons (Fsp3) is 0.222. The lowest BCUT2D eigenvalue weighted by Crippen LogP contribution is -2.32. The summed E-state index contributed by atoms with van der Waals surface area (Å²) in [5.41, 5.74) is 4.26. The Kier molecular flexibility index (Phi) is 2.70. The van der Waals surface area contributed by atoms with Crippen molar-refractivity contribution in [3.8, 4) is 17.2 Å². The van der Waals surface area contributed by atoms with Gasteiger partial charge in [-0.25, -0.2) is 4.79 Å². The van der Waals surface area contributed by atoms with E-state index in [1.807, 2.05) is 42.5 Å². The van der Waals surface area contributed by atoms with Crippen molar-refractivity contribution in [1.29, 1.82) is 5.26 Å². The molecule has 4 nitrogen and oxygen atoms in total. The highest BCUT2D eigenvalue weighted by Gasteiger charge is 2.38. The molecule has 1 heterocycles. The van der Waals surface area contributed by atoms with E-state index in [4.69, 9.17) is 0 Å². The molecule has 1 fully saturated rings. The molecule has 22 heavy (non-hydrogen) atoms. The maximum absolute atomic E-state index is 11.5. The van der Waals surface area contributed by atoms with E-state index in [1.165, 1.54) is 0 Å². The molecule has 0 amide bonds. The molecule has 2 N–H and O–H groups in total. The molecule has 108 valence electrons. The second-order valence-corrected chi connectivity index (χ2v) is 5.93. The Labute approximate surface area is 127 Å². The number of rotatable bonds is 2. The Balaban J connectivity index is 1.80. The van der Waals surface area contributed by atoms with Crippen LogP contribution in [0.1, 0.15) is 24.8 Å². The molecule has 0 aliphatic heterocycles. The Morgan fingerprint density at radius 1 is 1.05 bits per heavy atom. The number of hydrogen-bond donors (Lipinski definition) is 2. The fourth-order valence-electron chi connectivity index (χ4n) is 3.26. The van der Waals surface area contributed by atoms with Crippen LogP contribution in [0.4, 0.5) is 0 Å². The summed E-state index contributed by atoms with van der Waals surface area (Å²) in [6, 6.07) is 16.4. The third kappa shape index (κ3) is 1.79. The summed E-state index contributed by atoms with van der Waals surface area (Å²) in [5, 5.41) is 9.43. The van der Waals surface area contributed by atoms with Crippen molar-refractivity contribution in [3.05, 3.63) is 58.5 Å². The van der Waals surface area contributed by atoms with Gasteiger partial charge >= 0.3 is 5.69 Å². The lowest BCUT2D eigenvalue weighted by molar-refractivity contribution is 0.324. The van der Waals surface area contributed by atoms with Crippen LogP contribution < -0.4 is 5.69 Å². The molecule has 0 spiro atoms. The van der Waals surface area contributed by atoms with E-state index in [2.05, 4.69) is 16.0 Å². The summed E-state index contributed by atoms with van der Waals surface area (Å²) in [7, 11) is 0. The van der Waals surface area contributed by atoms with Gasteiger partial charge in [-0.05, 0) is 36.5 Å². The first-order valence-corrected chi connectivity index (χ1v) is 7.45. The average Bonchev–Trinajstić information content (AvgIpc) is 2.87. The SMILES string of the molecule is N#CC1(c2ccc(-c3cccc4[nH]c(=O)[nH]c34)cc2)CCC1. The number of aromatic amines is 2. The van der Waals surface area contributed by atoms with Crippen molar-refractivity contribution in [1.82, 2.24) is 9.97 Å². The van der Waals surface area contributed by atoms with Crippen LogP contribution in [0.25, 0.3) is 22.2 Å². The van der Waals surface area contributed by atoms with Gasteiger partial charge in [-0.3, -0.25) is 0 Å². The number of nitrogens with one attached hydrogen (secondary N) is 2. The van der Waals surface area contributed by atoms with Crippen molar-refractivity contribution < 1.29 is 0 Å². The highest BCUT2D eigenvalue weighted by Crippen LogP contribution is 2.43. The first kappa shape index (κ1) is 12.9. The van der Waals surface area contributed by atoms with Crippen LogP contribution in [-0.2, 0) is 5.41 Å². The molecule has 0 radical (unpaired) electrons. The third-order valence-electron chi connectivity index (χ3n) is 4.72. The molecule has 1 aromatic heterocycles. The van der Waals surface area contributed by atoms with Gasteiger partial charge in [-0.15, -0.1) is 0 Å². The van der Waals surface area contributed by atoms with Crippen LogP contribution in [0, 0.1) is 11.3 Å². The van der Waals surface area contributed by atoms with Gasteiger partial charge < -0.3 is 9.97 Å². The molecule has 0 unspecified atom stereocenters. The van der Waals surface area contributed by atoms with E-state index in [0.29, 0.717) is 0 Å². The summed E-state index contributed by atoms with van der Waals surface area (Å²) in [6.45, 7) is 0. The van der Waals surface area contributed by atoms with Crippen LogP contribution >= 0.6 is 0 Å². The number of aromatic nitrogens is 2. The summed E-state index contributed by atoms with van der Waals surface area (Å²) in [4.78, 5) is 17.1. The molecule has 0 bridgehead atoms. The predicted molar refractivity (Wildman–Crippen MR) is 85.5 cm³/mol. The Morgan fingerprint density at radius 3 is 2.45 bits per heavy atom. The van der Waals surface area contributed by atoms with Gasteiger partial charge in [0.1, 0.15) is 0 Å². The second kappa shape index (κ2) is 4.60. The maximum Gasteiger partial charge on any atom is 0.323 e.